The standard InChI is InChI=1S/C21H25N3O2/c1-12-8-17-16-6-7-23-13(2)20(16)21(25)24(3)18(17)10-19(12)26-11-15(22)9-14-4-5-14/h6-8,10,14-15H,4-5,9,11,22H2,1-3H3/t15-/m0/s1. The highest BCUT2D eigenvalue weighted by Gasteiger charge is 2.24. The molecule has 0 saturated heterocycles. The molecular formula is C21H25N3O2. The first kappa shape index (κ1) is 17.0. The van der Waals surface area contributed by atoms with E-state index in [1.807, 2.05) is 26.0 Å². The van der Waals surface area contributed by atoms with Gasteiger partial charge in [0.15, 0.2) is 0 Å². The molecule has 0 radical (unpaired) electrons. The van der Waals surface area contributed by atoms with Crippen LogP contribution in [0.3, 0.4) is 0 Å². The van der Waals surface area contributed by atoms with Crippen LogP contribution in [-0.4, -0.2) is 22.2 Å². The summed E-state index contributed by atoms with van der Waals surface area (Å²) >= 11 is 0. The Balaban J connectivity index is 1.77. The molecule has 1 atom stereocenters. The number of hydrogen-bond donors (Lipinski definition) is 1. The lowest BCUT2D eigenvalue weighted by atomic mass is 10.0. The quantitative estimate of drug-likeness (QED) is 0.717. The number of nitrogens with two attached hydrogens (primary N) is 1. The van der Waals surface area contributed by atoms with Crippen molar-refractivity contribution in [2.24, 2.45) is 18.7 Å². The highest BCUT2D eigenvalue weighted by atomic mass is 16.5. The summed E-state index contributed by atoms with van der Waals surface area (Å²) < 4.78 is 7.70. The first-order valence-electron chi connectivity index (χ1n) is 9.22. The van der Waals surface area contributed by atoms with Crippen LogP contribution in [0.5, 0.6) is 5.75 Å². The molecule has 1 fully saturated rings. The summed E-state index contributed by atoms with van der Waals surface area (Å²) in [5.74, 6) is 1.58. The Hall–Kier alpha value is -2.40. The molecule has 136 valence electrons. The summed E-state index contributed by atoms with van der Waals surface area (Å²) in [7, 11) is 1.80. The normalized spacial score (nSPS) is 15.5. The summed E-state index contributed by atoms with van der Waals surface area (Å²) in [4.78, 5) is 17.1. The average Bonchev–Trinajstić information content (AvgIpc) is 3.42. The van der Waals surface area contributed by atoms with E-state index in [9.17, 15) is 4.79 Å². The number of fused-ring (bicyclic) bond motifs is 3. The van der Waals surface area contributed by atoms with Crippen LogP contribution in [0.2, 0.25) is 0 Å². The highest BCUT2D eigenvalue weighted by Crippen LogP contribution is 2.34. The average molecular weight is 351 g/mol. The van der Waals surface area contributed by atoms with Gasteiger partial charge in [0.25, 0.3) is 5.56 Å². The molecule has 0 amide bonds. The zero-order valence-electron chi connectivity index (χ0n) is 15.6. The van der Waals surface area contributed by atoms with Crippen molar-refractivity contribution >= 4 is 21.7 Å². The molecule has 1 aromatic carbocycles. The van der Waals surface area contributed by atoms with Crippen molar-refractivity contribution in [3.05, 3.63) is 46.0 Å². The van der Waals surface area contributed by atoms with Gasteiger partial charge in [-0.15, -0.1) is 0 Å². The van der Waals surface area contributed by atoms with Gasteiger partial charge in [-0.2, -0.15) is 0 Å². The molecule has 3 aromatic rings. The molecule has 2 aromatic heterocycles. The largest absolute Gasteiger partial charge is 0.492 e. The summed E-state index contributed by atoms with van der Waals surface area (Å²) in [6, 6.07) is 6.04. The van der Waals surface area contributed by atoms with E-state index in [0.717, 1.165) is 45.6 Å². The number of ether oxygens (including phenoxy) is 1. The van der Waals surface area contributed by atoms with Crippen LogP contribution in [0.15, 0.2) is 29.2 Å². The summed E-state index contributed by atoms with van der Waals surface area (Å²) in [5.41, 5.74) is 8.82. The van der Waals surface area contributed by atoms with Gasteiger partial charge in [-0.25, -0.2) is 0 Å². The Morgan fingerprint density at radius 3 is 2.81 bits per heavy atom. The van der Waals surface area contributed by atoms with E-state index in [4.69, 9.17) is 10.5 Å². The van der Waals surface area contributed by atoms with E-state index in [1.54, 1.807) is 17.8 Å². The fraction of sp³-hybridized carbons (Fsp3) is 0.429. The minimum Gasteiger partial charge on any atom is -0.492 e. The second-order valence-electron chi connectivity index (χ2n) is 7.57. The van der Waals surface area contributed by atoms with Crippen LogP contribution in [0.4, 0.5) is 0 Å². The Bertz CT molecular complexity index is 1050. The van der Waals surface area contributed by atoms with Gasteiger partial charge in [0.2, 0.25) is 0 Å². The predicted molar refractivity (Wildman–Crippen MR) is 105 cm³/mol. The maximum atomic E-state index is 12.8. The van der Waals surface area contributed by atoms with E-state index >= 15 is 0 Å². The minimum absolute atomic E-state index is 0.0293. The third kappa shape index (κ3) is 2.97. The van der Waals surface area contributed by atoms with Crippen LogP contribution in [0.1, 0.15) is 30.5 Å². The molecule has 1 saturated carbocycles. The number of pyridine rings is 2. The molecule has 2 heterocycles. The van der Waals surface area contributed by atoms with Crippen LogP contribution in [-0.2, 0) is 7.05 Å². The third-order valence-electron chi connectivity index (χ3n) is 5.39. The Labute approximate surface area is 152 Å². The third-order valence-corrected chi connectivity index (χ3v) is 5.39. The van der Waals surface area contributed by atoms with Gasteiger partial charge in [-0.05, 0) is 49.3 Å². The Morgan fingerprint density at radius 2 is 2.08 bits per heavy atom. The number of aryl methyl sites for hydroxylation is 3. The summed E-state index contributed by atoms with van der Waals surface area (Å²) in [5, 5.41) is 2.66. The maximum Gasteiger partial charge on any atom is 0.260 e. The van der Waals surface area contributed by atoms with Crippen molar-refractivity contribution < 1.29 is 4.74 Å². The summed E-state index contributed by atoms with van der Waals surface area (Å²) in [6.07, 6.45) is 5.38. The van der Waals surface area contributed by atoms with Crippen molar-refractivity contribution in [1.29, 1.82) is 0 Å². The van der Waals surface area contributed by atoms with Crippen LogP contribution < -0.4 is 16.0 Å². The smallest absolute Gasteiger partial charge is 0.260 e. The zero-order chi connectivity index (χ0) is 18.4. The van der Waals surface area contributed by atoms with Crippen LogP contribution >= 0.6 is 0 Å². The predicted octanol–water partition coefficient (Wildman–Crippen LogP) is 3.21. The molecule has 0 aliphatic heterocycles. The molecule has 0 bridgehead atoms. The van der Waals surface area contributed by atoms with Gasteiger partial charge in [0.05, 0.1) is 16.6 Å². The van der Waals surface area contributed by atoms with Crippen LogP contribution in [0.25, 0.3) is 21.7 Å². The van der Waals surface area contributed by atoms with Crippen molar-refractivity contribution in [2.45, 2.75) is 39.2 Å². The van der Waals surface area contributed by atoms with Crippen molar-refractivity contribution in [2.75, 3.05) is 6.61 Å². The van der Waals surface area contributed by atoms with Crippen LogP contribution in [0, 0.1) is 19.8 Å². The second-order valence-corrected chi connectivity index (χ2v) is 7.57. The van der Waals surface area contributed by atoms with E-state index in [2.05, 4.69) is 11.1 Å². The monoisotopic (exact) mass is 351 g/mol. The minimum atomic E-state index is -0.0293. The van der Waals surface area contributed by atoms with Crippen molar-refractivity contribution in [1.82, 2.24) is 9.55 Å². The van der Waals surface area contributed by atoms with E-state index < -0.39 is 0 Å². The molecule has 5 heteroatoms. The lowest BCUT2D eigenvalue weighted by molar-refractivity contribution is 0.276. The maximum absolute atomic E-state index is 12.8. The van der Waals surface area contributed by atoms with Crippen molar-refractivity contribution in [3.8, 4) is 5.75 Å². The van der Waals surface area contributed by atoms with Gasteiger partial charge >= 0.3 is 0 Å². The number of hydrogen-bond acceptors (Lipinski definition) is 4. The number of aromatic nitrogens is 2. The van der Waals surface area contributed by atoms with Crippen molar-refractivity contribution in [3.63, 3.8) is 0 Å². The Kier molecular flexibility index (Phi) is 4.19. The first-order chi connectivity index (χ1) is 12.5. The lowest BCUT2D eigenvalue weighted by Crippen LogP contribution is -2.28. The van der Waals surface area contributed by atoms with Gasteiger partial charge < -0.3 is 15.0 Å². The molecule has 26 heavy (non-hydrogen) atoms. The van der Waals surface area contributed by atoms with E-state index in [1.165, 1.54) is 12.8 Å². The molecule has 5 nitrogen and oxygen atoms in total. The van der Waals surface area contributed by atoms with Gasteiger partial charge in [0, 0.05) is 30.7 Å². The first-order valence-corrected chi connectivity index (χ1v) is 9.22. The molecular weight excluding hydrogens is 326 g/mol. The summed E-state index contributed by atoms with van der Waals surface area (Å²) in [6.45, 7) is 4.42. The van der Waals surface area contributed by atoms with Gasteiger partial charge in [-0.3, -0.25) is 9.78 Å². The Morgan fingerprint density at radius 1 is 1.31 bits per heavy atom. The fourth-order valence-corrected chi connectivity index (χ4v) is 3.71. The number of nitrogens with zero attached hydrogens (tertiary/aromatic N) is 2. The number of benzene rings is 1. The lowest BCUT2D eigenvalue weighted by Gasteiger charge is -2.17. The SMILES string of the molecule is Cc1cc2c3ccnc(C)c3c(=O)n(C)c2cc1OC[C@@H](N)CC1CC1. The molecule has 0 unspecified atom stereocenters. The molecule has 1 aliphatic carbocycles. The zero-order valence-corrected chi connectivity index (χ0v) is 15.6. The molecule has 0 spiro atoms. The van der Waals surface area contributed by atoms with Gasteiger partial charge in [0.1, 0.15) is 12.4 Å². The fourth-order valence-electron chi connectivity index (χ4n) is 3.71. The van der Waals surface area contributed by atoms with E-state index in [-0.39, 0.29) is 11.6 Å². The number of rotatable bonds is 5. The topological polar surface area (TPSA) is 70.1 Å². The molecule has 1 aliphatic rings. The molecule has 4 rings (SSSR count). The second kappa shape index (κ2) is 6.40. The van der Waals surface area contributed by atoms with Gasteiger partial charge in [-0.1, -0.05) is 12.8 Å². The van der Waals surface area contributed by atoms with E-state index in [0.29, 0.717) is 12.0 Å². The highest BCUT2D eigenvalue weighted by molar-refractivity contribution is 6.06. The molecule has 2 N–H and O–H groups in total.